The summed E-state index contributed by atoms with van der Waals surface area (Å²) in [5, 5.41) is 0.970. The van der Waals surface area contributed by atoms with E-state index in [0.717, 1.165) is 5.39 Å². The third kappa shape index (κ3) is 2.93. The number of carbonyl (C=O) groups excluding carboxylic acids is 2. The molecular formula is C15H16BrNO3. The molecule has 20 heavy (non-hydrogen) atoms. The van der Waals surface area contributed by atoms with Crippen molar-refractivity contribution >= 4 is 38.7 Å². The van der Waals surface area contributed by atoms with Crippen LogP contribution in [0.15, 0.2) is 30.5 Å². The molecule has 0 N–H and O–H groups in total. The van der Waals surface area contributed by atoms with Crippen molar-refractivity contribution in [3.8, 4) is 0 Å². The maximum atomic E-state index is 12.2. The standard InChI is InChI=1S/C15H16BrNO3/c1-15(2,3)20-14(19)17-9-11(13(18)8-16)10-6-4-5-7-12(10)17/h4-7,9H,8H2,1-3H3. The van der Waals surface area contributed by atoms with Gasteiger partial charge in [0.2, 0.25) is 0 Å². The van der Waals surface area contributed by atoms with E-state index in [4.69, 9.17) is 4.74 Å². The van der Waals surface area contributed by atoms with Crippen LogP contribution in [0.3, 0.4) is 0 Å². The molecule has 0 spiro atoms. The molecule has 4 nitrogen and oxygen atoms in total. The predicted octanol–water partition coefficient (Wildman–Crippen LogP) is 4.00. The number of aromatic nitrogens is 1. The summed E-state index contributed by atoms with van der Waals surface area (Å²) < 4.78 is 6.74. The number of hydrogen-bond acceptors (Lipinski definition) is 3. The molecule has 0 saturated carbocycles. The van der Waals surface area contributed by atoms with Crippen molar-refractivity contribution in [1.82, 2.24) is 4.57 Å². The van der Waals surface area contributed by atoms with E-state index in [1.165, 1.54) is 4.57 Å². The first-order valence-corrected chi connectivity index (χ1v) is 7.38. The zero-order valence-corrected chi connectivity index (χ0v) is 13.2. The Labute approximate surface area is 125 Å². The largest absolute Gasteiger partial charge is 0.443 e. The molecule has 1 heterocycles. The van der Waals surface area contributed by atoms with Gasteiger partial charge >= 0.3 is 6.09 Å². The van der Waals surface area contributed by atoms with Crippen LogP contribution in [0.1, 0.15) is 31.1 Å². The van der Waals surface area contributed by atoms with Crippen molar-refractivity contribution in [2.24, 2.45) is 0 Å². The highest BCUT2D eigenvalue weighted by atomic mass is 79.9. The van der Waals surface area contributed by atoms with Crippen molar-refractivity contribution in [3.05, 3.63) is 36.0 Å². The highest BCUT2D eigenvalue weighted by Crippen LogP contribution is 2.23. The van der Waals surface area contributed by atoms with Gasteiger partial charge in [0.1, 0.15) is 5.60 Å². The zero-order valence-electron chi connectivity index (χ0n) is 11.6. The second-order valence-electron chi connectivity index (χ2n) is 5.47. The number of para-hydroxylation sites is 1. The molecule has 0 aliphatic rings. The second kappa shape index (κ2) is 5.40. The second-order valence-corrected chi connectivity index (χ2v) is 6.03. The fraction of sp³-hybridized carbons (Fsp3) is 0.333. The Bertz CT molecular complexity index is 667. The minimum absolute atomic E-state index is 0.0662. The number of carbonyl (C=O) groups is 2. The van der Waals surface area contributed by atoms with Crippen LogP contribution in [-0.2, 0) is 4.74 Å². The smallest absolute Gasteiger partial charge is 0.419 e. The van der Waals surface area contributed by atoms with Crippen LogP contribution in [-0.4, -0.2) is 27.4 Å². The lowest BCUT2D eigenvalue weighted by atomic mass is 10.1. The summed E-state index contributed by atoms with van der Waals surface area (Å²) in [6, 6.07) is 7.29. The molecule has 0 saturated heterocycles. The first-order valence-electron chi connectivity index (χ1n) is 6.26. The van der Waals surface area contributed by atoms with Crippen LogP contribution in [0.25, 0.3) is 10.9 Å². The topological polar surface area (TPSA) is 48.3 Å². The Morgan fingerprint density at radius 3 is 2.50 bits per heavy atom. The van der Waals surface area contributed by atoms with E-state index >= 15 is 0 Å². The van der Waals surface area contributed by atoms with E-state index in [0.29, 0.717) is 11.1 Å². The number of benzene rings is 1. The molecular weight excluding hydrogens is 322 g/mol. The van der Waals surface area contributed by atoms with E-state index in [1.807, 2.05) is 18.2 Å². The highest BCUT2D eigenvalue weighted by molar-refractivity contribution is 9.09. The lowest BCUT2D eigenvalue weighted by molar-refractivity contribution is 0.0544. The van der Waals surface area contributed by atoms with Gasteiger partial charge in [0.15, 0.2) is 5.78 Å². The number of ketones is 1. The monoisotopic (exact) mass is 337 g/mol. The number of alkyl halides is 1. The van der Waals surface area contributed by atoms with Gasteiger partial charge in [-0.1, -0.05) is 34.1 Å². The molecule has 0 fully saturated rings. The number of nitrogens with zero attached hydrogens (tertiary/aromatic N) is 1. The summed E-state index contributed by atoms with van der Waals surface area (Å²) in [4.78, 5) is 24.2. The summed E-state index contributed by atoms with van der Waals surface area (Å²) in [5.41, 5.74) is 0.608. The van der Waals surface area contributed by atoms with Gasteiger partial charge in [-0.2, -0.15) is 0 Å². The van der Waals surface area contributed by atoms with Crippen LogP contribution in [0.5, 0.6) is 0 Å². The Balaban J connectivity index is 2.54. The molecule has 1 aromatic carbocycles. The van der Waals surface area contributed by atoms with Gasteiger partial charge in [0.05, 0.1) is 10.8 Å². The van der Waals surface area contributed by atoms with Gasteiger partial charge in [0.25, 0.3) is 0 Å². The molecule has 0 unspecified atom stereocenters. The lowest BCUT2D eigenvalue weighted by Crippen LogP contribution is -2.26. The van der Waals surface area contributed by atoms with Crippen molar-refractivity contribution in [2.75, 3.05) is 5.33 Å². The molecule has 0 atom stereocenters. The Hall–Kier alpha value is -1.62. The molecule has 5 heteroatoms. The first kappa shape index (κ1) is 14.8. The number of rotatable bonds is 2. The minimum Gasteiger partial charge on any atom is -0.443 e. The van der Waals surface area contributed by atoms with Gasteiger partial charge in [-0.05, 0) is 26.8 Å². The van der Waals surface area contributed by atoms with Crippen LogP contribution >= 0.6 is 15.9 Å². The van der Waals surface area contributed by atoms with Crippen molar-refractivity contribution in [3.63, 3.8) is 0 Å². The van der Waals surface area contributed by atoms with Gasteiger partial charge in [-0.3, -0.25) is 9.36 Å². The number of fused-ring (bicyclic) bond motifs is 1. The number of halogens is 1. The van der Waals surface area contributed by atoms with Crippen LogP contribution in [0.2, 0.25) is 0 Å². The van der Waals surface area contributed by atoms with Gasteiger partial charge in [-0.15, -0.1) is 0 Å². The van der Waals surface area contributed by atoms with E-state index in [9.17, 15) is 9.59 Å². The fourth-order valence-corrected chi connectivity index (χ4v) is 2.24. The number of Topliss-reactive ketones (excluding diaryl/α,β-unsaturated/α-hetero) is 1. The first-order chi connectivity index (χ1) is 9.33. The predicted molar refractivity (Wildman–Crippen MR) is 81.7 cm³/mol. The minimum atomic E-state index is -0.581. The molecule has 0 aliphatic carbocycles. The van der Waals surface area contributed by atoms with Gasteiger partial charge < -0.3 is 4.74 Å². The maximum Gasteiger partial charge on any atom is 0.419 e. The maximum absolute atomic E-state index is 12.2. The summed E-state index contributed by atoms with van der Waals surface area (Å²) >= 11 is 3.16. The summed E-state index contributed by atoms with van der Waals surface area (Å²) in [6.45, 7) is 5.42. The Morgan fingerprint density at radius 1 is 1.25 bits per heavy atom. The van der Waals surface area contributed by atoms with Crippen molar-refractivity contribution < 1.29 is 14.3 Å². The Kier molecular flexibility index (Phi) is 3.99. The fourth-order valence-electron chi connectivity index (χ4n) is 1.94. The molecule has 1 aromatic heterocycles. The normalized spacial score (nSPS) is 11.6. The average Bonchev–Trinajstić information content (AvgIpc) is 2.75. The molecule has 0 bridgehead atoms. The van der Waals surface area contributed by atoms with E-state index in [2.05, 4.69) is 15.9 Å². The molecule has 0 aliphatic heterocycles. The zero-order chi connectivity index (χ0) is 14.9. The van der Waals surface area contributed by atoms with Crippen LogP contribution < -0.4 is 0 Å². The van der Waals surface area contributed by atoms with Crippen LogP contribution in [0.4, 0.5) is 4.79 Å². The van der Waals surface area contributed by atoms with Crippen molar-refractivity contribution in [1.29, 1.82) is 0 Å². The van der Waals surface area contributed by atoms with Gasteiger partial charge in [-0.25, -0.2) is 4.79 Å². The van der Waals surface area contributed by atoms with Crippen molar-refractivity contribution in [2.45, 2.75) is 26.4 Å². The number of hydrogen-bond donors (Lipinski definition) is 0. The van der Waals surface area contributed by atoms with E-state index in [1.54, 1.807) is 33.0 Å². The highest BCUT2D eigenvalue weighted by Gasteiger charge is 2.22. The summed E-state index contributed by atoms with van der Waals surface area (Å²) in [7, 11) is 0. The summed E-state index contributed by atoms with van der Waals surface area (Å²) in [6.07, 6.45) is 1.06. The van der Waals surface area contributed by atoms with E-state index < -0.39 is 11.7 Å². The third-order valence-corrected chi connectivity index (χ3v) is 3.23. The molecule has 2 aromatic rings. The Morgan fingerprint density at radius 2 is 1.90 bits per heavy atom. The van der Waals surface area contributed by atoms with E-state index in [-0.39, 0.29) is 11.1 Å². The molecule has 106 valence electrons. The van der Waals surface area contributed by atoms with Gasteiger partial charge in [0, 0.05) is 17.1 Å². The average molecular weight is 338 g/mol. The molecule has 2 rings (SSSR count). The quantitative estimate of drug-likeness (QED) is 0.614. The SMILES string of the molecule is CC(C)(C)OC(=O)n1cc(C(=O)CBr)c2ccccc21. The molecule has 0 radical (unpaired) electrons. The van der Waals surface area contributed by atoms with Crippen LogP contribution in [0, 0.1) is 0 Å². The number of ether oxygens (including phenoxy) is 1. The molecule has 0 amide bonds. The summed E-state index contributed by atoms with van der Waals surface area (Å²) in [5.74, 6) is -0.0662. The lowest BCUT2D eigenvalue weighted by Gasteiger charge is -2.19. The third-order valence-electron chi connectivity index (χ3n) is 2.72.